The van der Waals surface area contributed by atoms with E-state index in [0.717, 1.165) is 52.1 Å². The molecule has 3 aromatic rings. The molecule has 0 spiro atoms. The van der Waals surface area contributed by atoms with Crippen LogP contribution in [-0.4, -0.2) is 14.8 Å². The SMILES string of the molecule is CCCn1nc(C)c(CNc2ccc(-c3ocnc3C)cc2)c1Cl. The van der Waals surface area contributed by atoms with E-state index in [1.807, 2.05) is 42.8 Å². The summed E-state index contributed by atoms with van der Waals surface area (Å²) in [7, 11) is 0. The first kappa shape index (κ1) is 16.6. The van der Waals surface area contributed by atoms with Crippen molar-refractivity contribution in [3.63, 3.8) is 0 Å². The van der Waals surface area contributed by atoms with E-state index in [1.165, 1.54) is 6.39 Å². The molecule has 3 rings (SSSR count). The quantitative estimate of drug-likeness (QED) is 0.695. The van der Waals surface area contributed by atoms with E-state index >= 15 is 0 Å². The number of nitrogens with zero attached hydrogens (tertiary/aromatic N) is 3. The Kier molecular flexibility index (Phi) is 4.90. The van der Waals surface area contributed by atoms with Gasteiger partial charge in [0, 0.05) is 29.9 Å². The highest BCUT2D eigenvalue weighted by Gasteiger charge is 2.13. The molecule has 24 heavy (non-hydrogen) atoms. The zero-order chi connectivity index (χ0) is 17.1. The number of hydrogen-bond acceptors (Lipinski definition) is 4. The van der Waals surface area contributed by atoms with Crippen molar-refractivity contribution >= 4 is 17.3 Å². The van der Waals surface area contributed by atoms with Gasteiger partial charge in [0.25, 0.3) is 0 Å². The molecule has 0 unspecified atom stereocenters. The van der Waals surface area contributed by atoms with Crippen molar-refractivity contribution in [1.82, 2.24) is 14.8 Å². The van der Waals surface area contributed by atoms with Crippen molar-refractivity contribution in [3.05, 3.63) is 52.8 Å². The summed E-state index contributed by atoms with van der Waals surface area (Å²) < 4.78 is 7.28. The third-order valence-electron chi connectivity index (χ3n) is 3.98. The van der Waals surface area contributed by atoms with Gasteiger partial charge in [0.15, 0.2) is 12.2 Å². The normalized spacial score (nSPS) is 11.0. The predicted octanol–water partition coefficient (Wildman–Crippen LogP) is 4.83. The van der Waals surface area contributed by atoms with Gasteiger partial charge in [-0.25, -0.2) is 4.98 Å². The first-order chi connectivity index (χ1) is 11.6. The fourth-order valence-electron chi connectivity index (χ4n) is 2.66. The second kappa shape index (κ2) is 7.09. The van der Waals surface area contributed by atoms with Crippen molar-refractivity contribution in [2.75, 3.05) is 5.32 Å². The average molecular weight is 345 g/mol. The van der Waals surface area contributed by atoms with Gasteiger partial charge in [-0.15, -0.1) is 0 Å². The van der Waals surface area contributed by atoms with Gasteiger partial charge in [0.1, 0.15) is 5.15 Å². The number of aryl methyl sites for hydroxylation is 3. The Balaban J connectivity index is 1.70. The summed E-state index contributed by atoms with van der Waals surface area (Å²) >= 11 is 6.43. The lowest BCUT2D eigenvalue weighted by atomic mass is 10.1. The van der Waals surface area contributed by atoms with Gasteiger partial charge in [-0.2, -0.15) is 5.10 Å². The molecule has 6 heteroatoms. The van der Waals surface area contributed by atoms with E-state index in [-0.39, 0.29) is 0 Å². The van der Waals surface area contributed by atoms with Crippen LogP contribution in [0, 0.1) is 13.8 Å². The summed E-state index contributed by atoms with van der Waals surface area (Å²) in [6.07, 6.45) is 2.48. The molecule has 0 fully saturated rings. The minimum absolute atomic E-state index is 0.648. The highest BCUT2D eigenvalue weighted by atomic mass is 35.5. The minimum Gasteiger partial charge on any atom is -0.443 e. The van der Waals surface area contributed by atoms with Crippen LogP contribution >= 0.6 is 11.6 Å². The maximum atomic E-state index is 6.43. The molecule has 0 atom stereocenters. The molecule has 0 saturated carbocycles. The topological polar surface area (TPSA) is 55.9 Å². The molecule has 0 aliphatic rings. The van der Waals surface area contributed by atoms with Crippen molar-refractivity contribution in [2.45, 2.75) is 40.3 Å². The predicted molar refractivity (Wildman–Crippen MR) is 96.3 cm³/mol. The van der Waals surface area contributed by atoms with Crippen LogP contribution in [-0.2, 0) is 13.1 Å². The average Bonchev–Trinajstić information content (AvgIpc) is 3.11. The zero-order valence-electron chi connectivity index (χ0n) is 14.1. The molecule has 2 heterocycles. The van der Waals surface area contributed by atoms with Gasteiger partial charge < -0.3 is 9.73 Å². The van der Waals surface area contributed by atoms with Crippen LogP contribution < -0.4 is 5.32 Å². The van der Waals surface area contributed by atoms with E-state index in [4.69, 9.17) is 16.0 Å². The lowest BCUT2D eigenvalue weighted by Gasteiger charge is -2.07. The Bertz CT molecular complexity index is 820. The Morgan fingerprint density at radius 3 is 2.54 bits per heavy atom. The number of rotatable bonds is 6. The van der Waals surface area contributed by atoms with Crippen molar-refractivity contribution in [3.8, 4) is 11.3 Å². The highest BCUT2D eigenvalue weighted by molar-refractivity contribution is 6.30. The zero-order valence-corrected chi connectivity index (χ0v) is 14.9. The van der Waals surface area contributed by atoms with Crippen LogP contribution in [0.25, 0.3) is 11.3 Å². The molecule has 0 saturated heterocycles. The summed E-state index contributed by atoms with van der Waals surface area (Å²) in [5, 5.41) is 8.61. The maximum absolute atomic E-state index is 6.43. The molecule has 0 radical (unpaired) electrons. The Hall–Kier alpha value is -2.27. The van der Waals surface area contributed by atoms with Gasteiger partial charge in [0.2, 0.25) is 0 Å². The second-order valence-electron chi connectivity index (χ2n) is 5.78. The summed E-state index contributed by atoms with van der Waals surface area (Å²) in [4.78, 5) is 4.12. The molecule has 5 nitrogen and oxygen atoms in total. The van der Waals surface area contributed by atoms with E-state index in [0.29, 0.717) is 6.54 Å². The smallest absolute Gasteiger partial charge is 0.181 e. The van der Waals surface area contributed by atoms with Crippen LogP contribution in [0.2, 0.25) is 5.15 Å². The fourth-order valence-corrected chi connectivity index (χ4v) is 2.99. The molecule has 0 bridgehead atoms. The largest absolute Gasteiger partial charge is 0.443 e. The van der Waals surface area contributed by atoms with Gasteiger partial charge >= 0.3 is 0 Å². The minimum atomic E-state index is 0.648. The molecular formula is C18H21ClN4O. The summed E-state index contributed by atoms with van der Waals surface area (Å²) in [5.74, 6) is 0.807. The fraction of sp³-hybridized carbons (Fsp3) is 0.333. The highest BCUT2D eigenvalue weighted by Crippen LogP contribution is 2.25. The van der Waals surface area contributed by atoms with Crippen LogP contribution in [0.15, 0.2) is 35.1 Å². The Morgan fingerprint density at radius 1 is 1.17 bits per heavy atom. The summed E-state index contributed by atoms with van der Waals surface area (Å²) in [5.41, 5.74) is 4.94. The molecule has 1 aromatic carbocycles. The summed E-state index contributed by atoms with van der Waals surface area (Å²) in [6.45, 7) is 7.53. The number of halogens is 1. The molecule has 1 N–H and O–H groups in total. The van der Waals surface area contributed by atoms with Gasteiger partial charge in [0.05, 0.1) is 11.4 Å². The van der Waals surface area contributed by atoms with Crippen LogP contribution in [0.3, 0.4) is 0 Å². The molecule has 0 amide bonds. The van der Waals surface area contributed by atoms with Gasteiger partial charge in [-0.3, -0.25) is 4.68 Å². The van der Waals surface area contributed by atoms with Crippen molar-refractivity contribution in [2.24, 2.45) is 0 Å². The second-order valence-corrected chi connectivity index (χ2v) is 6.13. The van der Waals surface area contributed by atoms with E-state index in [1.54, 1.807) is 0 Å². The van der Waals surface area contributed by atoms with Gasteiger partial charge in [-0.05, 0) is 44.5 Å². The van der Waals surface area contributed by atoms with Crippen LogP contribution in [0.1, 0.15) is 30.3 Å². The van der Waals surface area contributed by atoms with E-state index < -0.39 is 0 Å². The van der Waals surface area contributed by atoms with Crippen molar-refractivity contribution in [1.29, 1.82) is 0 Å². The molecule has 2 aromatic heterocycles. The number of hydrogen-bond donors (Lipinski definition) is 1. The first-order valence-electron chi connectivity index (χ1n) is 8.06. The monoisotopic (exact) mass is 344 g/mol. The number of oxazole rings is 1. The third-order valence-corrected chi connectivity index (χ3v) is 4.40. The molecule has 0 aliphatic heterocycles. The molecular weight excluding hydrogens is 324 g/mol. The number of anilines is 1. The van der Waals surface area contributed by atoms with E-state index in [2.05, 4.69) is 22.3 Å². The standard InChI is InChI=1S/C18H21ClN4O/c1-4-9-23-18(19)16(12(2)22-23)10-20-15-7-5-14(6-8-15)17-13(3)21-11-24-17/h5-8,11,20H,4,9-10H2,1-3H3. The number of nitrogens with one attached hydrogen (secondary N) is 1. The third kappa shape index (κ3) is 3.31. The van der Waals surface area contributed by atoms with Crippen molar-refractivity contribution < 1.29 is 4.42 Å². The number of aromatic nitrogens is 3. The lowest BCUT2D eigenvalue weighted by molar-refractivity contribution is 0.571. The number of benzene rings is 1. The van der Waals surface area contributed by atoms with Crippen LogP contribution in [0.4, 0.5) is 5.69 Å². The first-order valence-corrected chi connectivity index (χ1v) is 8.44. The van der Waals surface area contributed by atoms with Gasteiger partial charge in [-0.1, -0.05) is 18.5 Å². The maximum Gasteiger partial charge on any atom is 0.181 e. The Labute approximate surface area is 146 Å². The van der Waals surface area contributed by atoms with Crippen LogP contribution in [0.5, 0.6) is 0 Å². The Morgan fingerprint density at radius 2 is 1.92 bits per heavy atom. The lowest BCUT2D eigenvalue weighted by Crippen LogP contribution is -2.01. The molecule has 126 valence electrons. The molecule has 0 aliphatic carbocycles. The summed E-state index contributed by atoms with van der Waals surface area (Å²) in [6, 6.07) is 8.09. The van der Waals surface area contributed by atoms with E-state index in [9.17, 15) is 0 Å².